The lowest BCUT2D eigenvalue weighted by Gasteiger charge is -2.38. The molecule has 8 nitrogen and oxygen atoms in total. The zero-order chi connectivity index (χ0) is 15.7. The Labute approximate surface area is 128 Å². The van der Waals surface area contributed by atoms with E-state index in [0.717, 1.165) is 12.0 Å². The number of nitrogens with zero attached hydrogens (tertiary/aromatic N) is 2. The van der Waals surface area contributed by atoms with Gasteiger partial charge in [-0.2, -0.15) is 5.10 Å². The van der Waals surface area contributed by atoms with Gasteiger partial charge in [-0.15, -0.1) is 0 Å². The van der Waals surface area contributed by atoms with Crippen LogP contribution in [0.4, 0.5) is 4.79 Å². The van der Waals surface area contributed by atoms with Crippen LogP contribution in [-0.2, 0) is 9.47 Å². The number of carbonyl (C=O) groups is 1. The number of aromatic nitrogens is 2. The minimum Gasteiger partial charge on any atom is -0.388 e. The number of aliphatic hydroxyl groups excluding tert-OH is 1. The van der Waals surface area contributed by atoms with Gasteiger partial charge >= 0.3 is 6.03 Å². The molecular weight excluding hydrogens is 288 g/mol. The standard InChI is InChI=1S/C14H22N4O4/c1-3-4-15-14(20)17-10-9-7-21-13(22-9)11(12(10)19)18-6-8(2)5-16-18/h5-6,9-13,19H,3-4,7H2,1-2H3,(H2,15,17,20). The van der Waals surface area contributed by atoms with E-state index in [1.165, 1.54) is 0 Å². The van der Waals surface area contributed by atoms with Crippen molar-refractivity contribution in [2.75, 3.05) is 13.2 Å². The summed E-state index contributed by atoms with van der Waals surface area (Å²) in [5.74, 6) is 0. The molecule has 22 heavy (non-hydrogen) atoms. The SMILES string of the molecule is CCCNC(=O)NC1C2COC(O2)C(n2cc(C)cn2)C1O. The van der Waals surface area contributed by atoms with Gasteiger partial charge in [0.05, 0.1) is 18.8 Å². The molecule has 2 amide bonds. The highest BCUT2D eigenvalue weighted by molar-refractivity contribution is 5.74. The fraction of sp³-hybridized carbons (Fsp3) is 0.714. The quantitative estimate of drug-likeness (QED) is 0.723. The lowest BCUT2D eigenvalue weighted by Crippen LogP contribution is -2.60. The largest absolute Gasteiger partial charge is 0.388 e. The summed E-state index contributed by atoms with van der Waals surface area (Å²) in [5.41, 5.74) is 0.984. The molecular formula is C14H22N4O4. The van der Waals surface area contributed by atoms with E-state index >= 15 is 0 Å². The van der Waals surface area contributed by atoms with Gasteiger partial charge in [-0.3, -0.25) is 4.68 Å². The highest BCUT2D eigenvalue weighted by atomic mass is 16.7. The van der Waals surface area contributed by atoms with E-state index in [9.17, 15) is 9.90 Å². The number of carbonyl (C=O) groups excluding carboxylic acids is 1. The first kappa shape index (κ1) is 15.3. The average Bonchev–Trinajstić information content (AvgIpc) is 3.10. The van der Waals surface area contributed by atoms with E-state index < -0.39 is 24.5 Å². The third kappa shape index (κ3) is 2.81. The minimum absolute atomic E-state index is 0.310. The molecule has 0 radical (unpaired) electrons. The van der Waals surface area contributed by atoms with Crippen molar-refractivity contribution in [3.63, 3.8) is 0 Å². The number of aliphatic hydroxyl groups is 1. The fourth-order valence-corrected chi connectivity index (χ4v) is 2.90. The van der Waals surface area contributed by atoms with Crippen LogP contribution in [0.1, 0.15) is 24.9 Å². The van der Waals surface area contributed by atoms with Crippen molar-refractivity contribution in [3.05, 3.63) is 18.0 Å². The Bertz CT molecular complexity index is 535. The van der Waals surface area contributed by atoms with Crippen molar-refractivity contribution in [2.45, 2.75) is 50.8 Å². The van der Waals surface area contributed by atoms with Gasteiger partial charge in [-0.1, -0.05) is 6.92 Å². The number of nitrogens with one attached hydrogen (secondary N) is 2. The van der Waals surface area contributed by atoms with Crippen LogP contribution in [0.25, 0.3) is 0 Å². The molecule has 0 aromatic carbocycles. The van der Waals surface area contributed by atoms with Crippen LogP contribution in [-0.4, -0.2) is 58.6 Å². The van der Waals surface area contributed by atoms with Gasteiger partial charge in [0.25, 0.3) is 0 Å². The molecule has 2 aliphatic heterocycles. The summed E-state index contributed by atoms with van der Waals surface area (Å²) in [4.78, 5) is 11.9. The molecule has 3 rings (SSSR count). The van der Waals surface area contributed by atoms with E-state index in [0.29, 0.717) is 13.2 Å². The summed E-state index contributed by atoms with van der Waals surface area (Å²) >= 11 is 0. The van der Waals surface area contributed by atoms with Gasteiger partial charge in [-0.25, -0.2) is 4.79 Å². The van der Waals surface area contributed by atoms with E-state index in [1.54, 1.807) is 10.9 Å². The van der Waals surface area contributed by atoms with Crippen molar-refractivity contribution in [3.8, 4) is 0 Å². The molecule has 0 saturated carbocycles. The second-order valence-electron chi connectivity index (χ2n) is 5.78. The summed E-state index contributed by atoms with van der Waals surface area (Å²) in [5, 5.41) is 20.5. The normalized spacial score (nSPS) is 33.7. The maximum absolute atomic E-state index is 11.9. The number of hydrogen-bond donors (Lipinski definition) is 3. The second kappa shape index (κ2) is 6.23. The summed E-state index contributed by atoms with van der Waals surface area (Å²) in [6, 6.07) is -1.33. The van der Waals surface area contributed by atoms with Crippen molar-refractivity contribution in [2.24, 2.45) is 0 Å². The Morgan fingerprint density at radius 3 is 3.09 bits per heavy atom. The van der Waals surface area contributed by atoms with Gasteiger partial charge in [0.1, 0.15) is 18.2 Å². The Morgan fingerprint density at radius 1 is 1.59 bits per heavy atom. The lowest BCUT2D eigenvalue weighted by atomic mass is 9.96. The topological polar surface area (TPSA) is 97.6 Å². The predicted octanol–water partition coefficient (Wildman–Crippen LogP) is -0.0736. The molecule has 3 heterocycles. The number of hydrogen-bond acceptors (Lipinski definition) is 5. The van der Waals surface area contributed by atoms with Crippen molar-refractivity contribution < 1.29 is 19.4 Å². The van der Waals surface area contributed by atoms with Crippen LogP contribution >= 0.6 is 0 Å². The zero-order valence-corrected chi connectivity index (χ0v) is 12.7. The van der Waals surface area contributed by atoms with Gasteiger partial charge in [0, 0.05) is 12.7 Å². The molecule has 0 spiro atoms. The van der Waals surface area contributed by atoms with E-state index in [-0.39, 0.29) is 12.1 Å². The Balaban J connectivity index is 1.75. The average molecular weight is 310 g/mol. The molecule has 122 valence electrons. The number of ether oxygens (including phenoxy) is 2. The van der Waals surface area contributed by atoms with Crippen LogP contribution in [0.3, 0.4) is 0 Å². The van der Waals surface area contributed by atoms with Crippen LogP contribution < -0.4 is 10.6 Å². The fourth-order valence-electron chi connectivity index (χ4n) is 2.90. The van der Waals surface area contributed by atoms with Gasteiger partial charge < -0.3 is 25.2 Å². The highest BCUT2D eigenvalue weighted by Crippen LogP contribution is 2.35. The van der Waals surface area contributed by atoms with Crippen LogP contribution in [0.2, 0.25) is 0 Å². The molecule has 1 aromatic rings. The second-order valence-corrected chi connectivity index (χ2v) is 5.78. The number of amides is 2. The van der Waals surface area contributed by atoms with Crippen molar-refractivity contribution in [1.29, 1.82) is 0 Å². The van der Waals surface area contributed by atoms with Crippen LogP contribution in [0.5, 0.6) is 0 Å². The summed E-state index contributed by atoms with van der Waals surface area (Å²) in [7, 11) is 0. The third-order valence-electron chi connectivity index (χ3n) is 4.00. The zero-order valence-electron chi connectivity index (χ0n) is 12.7. The van der Waals surface area contributed by atoms with Crippen LogP contribution in [0.15, 0.2) is 12.4 Å². The Morgan fingerprint density at radius 2 is 2.41 bits per heavy atom. The minimum atomic E-state index is -0.835. The molecule has 2 saturated heterocycles. The highest BCUT2D eigenvalue weighted by Gasteiger charge is 2.51. The molecule has 5 unspecified atom stereocenters. The van der Waals surface area contributed by atoms with Gasteiger partial charge in [0.2, 0.25) is 0 Å². The smallest absolute Gasteiger partial charge is 0.315 e. The summed E-state index contributed by atoms with van der Waals surface area (Å²) in [6.07, 6.45) is 2.66. The molecule has 2 aliphatic rings. The molecule has 3 N–H and O–H groups in total. The molecule has 2 bridgehead atoms. The number of rotatable bonds is 4. The maximum Gasteiger partial charge on any atom is 0.315 e. The first-order valence-corrected chi connectivity index (χ1v) is 7.60. The Hall–Kier alpha value is -1.64. The predicted molar refractivity (Wildman–Crippen MR) is 77.2 cm³/mol. The lowest BCUT2D eigenvalue weighted by molar-refractivity contribution is -0.166. The number of aryl methyl sites for hydroxylation is 1. The number of urea groups is 1. The van der Waals surface area contributed by atoms with Gasteiger partial charge in [0.15, 0.2) is 6.29 Å². The molecule has 0 aliphatic carbocycles. The molecule has 2 fully saturated rings. The molecule has 1 aromatic heterocycles. The monoisotopic (exact) mass is 310 g/mol. The molecule has 5 atom stereocenters. The first-order valence-electron chi connectivity index (χ1n) is 7.60. The summed E-state index contributed by atoms with van der Waals surface area (Å²) < 4.78 is 13.0. The third-order valence-corrected chi connectivity index (χ3v) is 4.00. The van der Waals surface area contributed by atoms with E-state index in [1.807, 2.05) is 20.0 Å². The maximum atomic E-state index is 11.9. The van der Waals surface area contributed by atoms with Crippen molar-refractivity contribution >= 4 is 6.03 Å². The first-order chi connectivity index (χ1) is 10.6. The summed E-state index contributed by atoms with van der Waals surface area (Å²) in [6.45, 7) is 4.83. The van der Waals surface area contributed by atoms with E-state index in [2.05, 4.69) is 15.7 Å². The number of fused-ring (bicyclic) bond motifs is 2. The molecule has 8 heteroatoms. The van der Waals surface area contributed by atoms with Crippen LogP contribution in [0, 0.1) is 6.92 Å². The van der Waals surface area contributed by atoms with E-state index in [4.69, 9.17) is 9.47 Å². The van der Waals surface area contributed by atoms with Gasteiger partial charge in [-0.05, 0) is 18.9 Å². The Kier molecular flexibility index (Phi) is 4.32. The van der Waals surface area contributed by atoms with Crippen molar-refractivity contribution in [1.82, 2.24) is 20.4 Å².